The van der Waals surface area contributed by atoms with E-state index in [-0.39, 0.29) is 29.6 Å². The van der Waals surface area contributed by atoms with Gasteiger partial charge in [-0.15, -0.1) is 0 Å². The summed E-state index contributed by atoms with van der Waals surface area (Å²) >= 11 is 0. The number of hydrogen-bond donors (Lipinski definition) is 0. The van der Waals surface area contributed by atoms with Crippen LogP contribution in [0.5, 0.6) is 0 Å². The van der Waals surface area contributed by atoms with Gasteiger partial charge >= 0.3 is 29.6 Å². The molecule has 29 heavy (non-hydrogen) atoms. The first kappa shape index (κ1) is 32.8. The van der Waals surface area contributed by atoms with Crippen molar-refractivity contribution in [3.63, 3.8) is 0 Å². The molecule has 0 heterocycles. The fraction of sp³-hybridized carbons (Fsp3) is 1.00. The Kier molecular flexibility index (Phi) is 9.94. The van der Waals surface area contributed by atoms with E-state index >= 15 is 0 Å². The van der Waals surface area contributed by atoms with Gasteiger partial charge in [-0.2, -0.15) is 6.55 Å². The van der Waals surface area contributed by atoms with E-state index in [1.54, 1.807) is 0 Å². The molecule has 4 heteroatoms. The fourth-order valence-electron chi connectivity index (χ4n) is 10.4. The Bertz CT molecular complexity index is 415. The second kappa shape index (κ2) is 8.78. The number of hydrogen-bond acceptors (Lipinski definition) is 0. The van der Waals surface area contributed by atoms with Crippen LogP contribution in [0.15, 0.2) is 0 Å². The van der Waals surface area contributed by atoms with Gasteiger partial charge in [0.15, 0.2) is 0 Å². The van der Waals surface area contributed by atoms with Crippen molar-refractivity contribution in [3.8, 4) is 0 Å². The molecule has 0 aliphatic heterocycles. The molecule has 0 bridgehead atoms. The van der Waals surface area contributed by atoms with Crippen LogP contribution >= 0.6 is 0 Å². The summed E-state index contributed by atoms with van der Waals surface area (Å²) in [5.41, 5.74) is 0. The first-order chi connectivity index (χ1) is 11.7. The van der Waals surface area contributed by atoms with Crippen molar-refractivity contribution in [2.75, 3.05) is 0 Å². The maximum absolute atomic E-state index is 2.84. The second-order valence-electron chi connectivity index (χ2n) is 15.6. The van der Waals surface area contributed by atoms with Gasteiger partial charge in [-0.25, -0.2) is 0 Å². The Morgan fingerprint density at radius 3 is 0.517 bits per heavy atom. The van der Waals surface area contributed by atoms with Gasteiger partial charge in [0.1, 0.15) is 0 Å². The van der Waals surface area contributed by atoms with Crippen LogP contribution in [0.25, 0.3) is 0 Å². The number of rotatable bonds is 2. The Labute approximate surface area is 212 Å². The molecule has 0 spiro atoms. The van der Waals surface area contributed by atoms with E-state index < -0.39 is 23.0 Å². The minimum absolute atomic E-state index is 0. The Morgan fingerprint density at radius 1 is 0.345 bits per heavy atom. The van der Waals surface area contributed by atoms with E-state index in [1.165, 1.54) is 0 Å². The zero-order valence-electron chi connectivity index (χ0n) is 24.5. The van der Waals surface area contributed by atoms with Crippen LogP contribution < -0.4 is 29.6 Å². The SMILES string of the molecule is C[Si-]([Si](C(C)(C)C)(C(C)(C)C)C(C)(C)C)[Si](C(C)(C)C)(C(C)(C)C)C(C)(C)C.[Na+]. The second-order valence-corrected chi connectivity index (χ2v) is 39.4. The molecule has 0 aromatic heterocycles. The smallest absolute Gasteiger partial charge is 0.252 e. The third-order valence-corrected chi connectivity index (χ3v) is 50.6. The van der Waals surface area contributed by atoms with Crippen molar-refractivity contribution in [1.29, 1.82) is 0 Å². The van der Waals surface area contributed by atoms with Crippen molar-refractivity contribution in [3.05, 3.63) is 0 Å². The Hall–Kier alpha value is 1.65. The average molecular weight is 465 g/mol. The van der Waals surface area contributed by atoms with E-state index in [0.717, 1.165) is 0 Å². The Morgan fingerprint density at radius 2 is 0.448 bits per heavy atom. The molecular weight excluding hydrogens is 408 g/mol. The van der Waals surface area contributed by atoms with Crippen LogP contribution in [0.3, 0.4) is 0 Å². The molecule has 0 aromatic carbocycles. The fourth-order valence-corrected chi connectivity index (χ4v) is 78.5. The summed E-state index contributed by atoms with van der Waals surface area (Å²) in [5.74, 6) is 0. The normalized spacial score (nSPS) is 16.1. The van der Waals surface area contributed by atoms with E-state index in [0.29, 0.717) is 30.2 Å². The molecule has 0 aromatic rings. The topological polar surface area (TPSA) is 0 Å². The summed E-state index contributed by atoms with van der Waals surface area (Å²) in [7, 11) is -4.26. The van der Waals surface area contributed by atoms with Crippen molar-refractivity contribution in [2.24, 2.45) is 0 Å². The van der Waals surface area contributed by atoms with Crippen LogP contribution in [0.4, 0.5) is 0 Å². The summed E-state index contributed by atoms with van der Waals surface area (Å²) in [5, 5.41) is 2.29. The van der Waals surface area contributed by atoms with Gasteiger partial charge in [0.25, 0.3) is 0 Å². The maximum Gasteiger partial charge on any atom is 1.00 e. The van der Waals surface area contributed by atoms with Crippen LogP contribution in [0, 0.1) is 0 Å². The van der Waals surface area contributed by atoms with Crippen LogP contribution in [0.2, 0.25) is 36.8 Å². The van der Waals surface area contributed by atoms with Crippen molar-refractivity contribution < 1.29 is 29.6 Å². The van der Waals surface area contributed by atoms with Crippen molar-refractivity contribution in [2.45, 2.75) is 161 Å². The van der Waals surface area contributed by atoms with Gasteiger partial charge in [0.2, 0.25) is 0 Å². The molecular formula is C25H57NaSi3. The van der Waals surface area contributed by atoms with Gasteiger partial charge in [-0.05, 0) is 0 Å². The van der Waals surface area contributed by atoms with Crippen LogP contribution in [0.1, 0.15) is 125 Å². The van der Waals surface area contributed by atoms with Crippen molar-refractivity contribution in [1.82, 2.24) is 0 Å². The van der Waals surface area contributed by atoms with Gasteiger partial charge in [-0.3, -0.25) is 7.83 Å². The van der Waals surface area contributed by atoms with Crippen LogP contribution in [-0.2, 0) is 0 Å². The molecule has 0 radical (unpaired) electrons. The summed E-state index contributed by atoms with van der Waals surface area (Å²) in [6, 6.07) is 0. The zero-order chi connectivity index (χ0) is 23.6. The zero-order valence-corrected chi connectivity index (χ0v) is 29.5. The van der Waals surface area contributed by atoms with E-state index in [1.807, 2.05) is 0 Å². The minimum atomic E-state index is -1.80. The molecule has 0 saturated carbocycles. The molecule has 0 unspecified atom stereocenters. The first-order valence-electron chi connectivity index (χ1n) is 11.5. The quantitative estimate of drug-likeness (QED) is 0.387. The third-order valence-electron chi connectivity index (χ3n) is 7.88. The maximum atomic E-state index is 2.84. The Balaban J connectivity index is 0. The third kappa shape index (κ3) is 4.95. The molecule has 0 saturated heterocycles. The standard InChI is InChI=1S/C25H57Si3.Na/c1-20(2,3)27(21(4,5)6,22(7,8)9)26(19)28(23(10,11)12,24(13,14)15)25(16,17)18;/h1-19H3;/q-1;+1. The molecule has 0 atom stereocenters. The van der Waals surface area contributed by atoms with Crippen LogP contribution in [-0.4, -0.2) is 23.0 Å². The van der Waals surface area contributed by atoms with Gasteiger partial charge in [0, 0.05) is 0 Å². The molecule has 0 aliphatic carbocycles. The molecule has 170 valence electrons. The summed E-state index contributed by atoms with van der Waals surface area (Å²) in [4.78, 5) is 0. The van der Waals surface area contributed by atoms with E-state index in [9.17, 15) is 0 Å². The minimum Gasteiger partial charge on any atom is -0.252 e. The molecule has 0 nitrogen and oxygen atoms in total. The predicted molar refractivity (Wildman–Crippen MR) is 141 cm³/mol. The molecule has 0 aliphatic rings. The first-order valence-corrected chi connectivity index (χ1v) is 19.5. The van der Waals surface area contributed by atoms with E-state index in [4.69, 9.17) is 0 Å². The average Bonchev–Trinajstić information content (AvgIpc) is 2.14. The molecule has 0 rings (SSSR count). The molecule has 0 amide bonds. The summed E-state index contributed by atoms with van der Waals surface area (Å²) in [6.45, 7) is 49.8. The largest absolute Gasteiger partial charge is 1.00 e. The molecule has 0 N–H and O–H groups in total. The van der Waals surface area contributed by atoms with Gasteiger partial charge in [-0.1, -0.05) is 170 Å². The van der Waals surface area contributed by atoms with E-state index in [2.05, 4.69) is 131 Å². The monoisotopic (exact) mass is 464 g/mol. The predicted octanol–water partition coefficient (Wildman–Crippen LogP) is 6.97. The summed E-state index contributed by atoms with van der Waals surface area (Å²) in [6.07, 6.45) is 0. The summed E-state index contributed by atoms with van der Waals surface area (Å²) < 4.78 is 0. The van der Waals surface area contributed by atoms with Gasteiger partial charge < -0.3 is 0 Å². The molecule has 0 fully saturated rings. The van der Waals surface area contributed by atoms with Crippen molar-refractivity contribution >= 4 is 23.0 Å². The van der Waals surface area contributed by atoms with Gasteiger partial charge in [0.05, 0.1) is 0 Å².